The molecule has 1 aliphatic heterocycles. The molecule has 120 valence electrons. The van der Waals surface area contributed by atoms with Gasteiger partial charge in [0.25, 0.3) is 0 Å². The molecule has 0 bridgehead atoms. The van der Waals surface area contributed by atoms with Crippen molar-refractivity contribution in [2.75, 3.05) is 18.4 Å². The van der Waals surface area contributed by atoms with Crippen LogP contribution in [0.25, 0.3) is 5.69 Å². The number of hydrogen-bond acceptors (Lipinski definition) is 3. The molecular formula is C16H18N4O3. The zero-order chi connectivity index (χ0) is 16.4. The van der Waals surface area contributed by atoms with Crippen LogP contribution in [0.1, 0.15) is 13.3 Å². The number of carboxylic acids is 1. The smallest absolute Gasteiger partial charge is 0.324 e. The number of benzene rings is 1. The fourth-order valence-corrected chi connectivity index (χ4v) is 2.68. The van der Waals surface area contributed by atoms with Gasteiger partial charge in [0.15, 0.2) is 0 Å². The number of aliphatic carboxylic acids is 1. The molecule has 3 rings (SSSR count). The van der Waals surface area contributed by atoms with E-state index >= 15 is 0 Å². The van der Waals surface area contributed by atoms with Crippen molar-refractivity contribution >= 4 is 17.9 Å². The zero-order valence-corrected chi connectivity index (χ0v) is 12.8. The van der Waals surface area contributed by atoms with Crippen molar-refractivity contribution in [3.05, 3.63) is 42.7 Å². The third-order valence-corrected chi connectivity index (χ3v) is 4.17. The second kappa shape index (κ2) is 5.75. The van der Waals surface area contributed by atoms with Crippen LogP contribution in [-0.4, -0.2) is 44.6 Å². The molecule has 1 aromatic heterocycles. The van der Waals surface area contributed by atoms with Crippen LogP contribution >= 0.6 is 0 Å². The van der Waals surface area contributed by atoms with Gasteiger partial charge in [-0.25, -0.2) is 9.78 Å². The third kappa shape index (κ3) is 2.90. The largest absolute Gasteiger partial charge is 0.481 e. The molecule has 0 radical (unpaired) electrons. The quantitative estimate of drug-likeness (QED) is 0.909. The Labute approximate surface area is 133 Å². The maximum atomic E-state index is 12.4. The summed E-state index contributed by atoms with van der Waals surface area (Å²) in [5.41, 5.74) is 0.00345. The number of carboxylic acid groups (broad SMARTS) is 1. The van der Waals surface area contributed by atoms with Gasteiger partial charge in [0.05, 0.1) is 5.41 Å². The summed E-state index contributed by atoms with van der Waals surface area (Å²) >= 11 is 0. The lowest BCUT2D eigenvalue weighted by atomic mass is 9.90. The third-order valence-electron chi connectivity index (χ3n) is 4.17. The second-order valence-electron chi connectivity index (χ2n) is 5.92. The van der Waals surface area contributed by atoms with Gasteiger partial charge in [-0.2, -0.15) is 0 Å². The average Bonchev–Trinajstić information content (AvgIpc) is 3.16. The number of rotatable bonds is 3. The number of para-hydroxylation sites is 1. The van der Waals surface area contributed by atoms with Crippen LogP contribution in [0.2, 0.25) is 0 Å². The Balaban J connectivity index is 1.73. The molecule has 2 heterocycles. The monoisotopic (exact) mass is 314 g/mol. The van der Waals surface area contributed by atoms with Crippen molar-refractivity contribution in [3.8, 4) is 5.69 Å². The zero-order valence-electron chi connectivity index (χ0n) is 12.8. The molecule has 1 aromatic carbocycles. The van der Waals surface area contributed by atoms with E-state index in [1.165, 1.54) is 4.90 Å². The molecule has 1 saturated heterocycles. The molecule has 1 fully saturated rings. The highest BCUT2D eigenvalue weighted by Crippen LogP contribution is 2.30. The Kier molecular flexibility index (Phi) is 3.77. The van der Waals surface area contributed by atoms with Gasteiger partial charge in [-0.1, -0.05) is 18.2 Å². The number of aromatic nitrogens is 2. The van der Waals surface area contributed by atoms with E-state index in [2.05, 4.69) is 10.3 Å². The SMILES string of the molecule is CC1(C(=O)O)CCN(C(=O)Nc2nccn2-c2ccccc2)C1. The Morgan fingerprint density at radius 1 is 1.30 bits per heavy atom. The number of nitrogens with one attached hydrogen (secondary N) is 1. The minimum atomic E-state index is -0.883. The van der Waals surface area contributed by atoms with Crippen molar-refractivity contribution in [1.29, 1.82) is 0 Å². The second-order valence-corrected chi connectivity index (χ2v) is 5.92. The maximum absolute atomic E-state index is 12.4. The number of amides is 2. The Bertz CT molecular complexity index is 728. The van der Waals surface area contributed by atoms with Gasteiger partial charge in [-0.05, 0) is 25.5 Å². The van der Waals surface area contributed by atoms with Crippen molar-refractivity contribution in [2.24, 2.45) is 5.41 Å². The molecule has 7 heteroatoms. The summed E-state index contributed by atoms with van der Waals surface area (Å²) in [7, 11) is 0. The maximum Gasteiger partial charge on any atom is 0.324 e. The first kappa shape index (κ1) is 15.1. The van der Waals surface area contributed by atoms with Crippen molar-refractivity contribution in [2.45, 2.75) is 13.3 Å². The normalized spacial score (nSPS) is 20.5. The van der Waals surface area contributed by atoms with E-state index in [9.17, 15) is 14.7 Å². The van der Waals surface area contributed by atoms with Crippen molar-refractivity contribution in [1.82, 2.24) is 14.5 Å². The molecule has 23 heavy (non-hydrogen) atoms. The summed E-state index contributed by atoms with van der Waals surface area (Å²) in [5.74, 6) is -0.469. The van der Waals surface area contributed by atoms with Crippen LogP contribution in [0.5, 0.6) is 0 Å². The molecule has 7 nitrogen and oxygen atoms in total. The highest BCUT2D eigenvalue weighted by atomic mass is 16.4. The van der Waals surface area contributed by atoms with Crippen LogP contribution in [0.15, 0.2) is 42.7 Å². The van der Waals surface area contributed by atoms with Gasteiger partial charge in [0.2, 0.25) is 5.95 Å². The summed E-state index contributed by atoms with van der Waals surface area (Å²) in [4.78, 5) is 29.3. The van der Waals surface area contributed by atoms with E-state index in [0.29, 0.717) is 18.9 Å². The molecule has 2 aromatic rings. The van der Waals surface area contributed by atoms with Crippen LogP contribution in [0.4, 0.5) is 10.7 Å². The lowest BCUT2D eigenvalue weighted by Crippen LogP contribution is -2.37. The van der Waals surface area contributed by atoms with Gasteiger partial charge in [-0.3, -0.25) is 14.7 Å². The summed E-state index contributed by atoms with van der Waals surface area (Å²) in [6, 6.07) is 9.21. The van der Waals surface area contributed by atoms with Crippen LogP contribution in [0, 0.1) is 5.41 Å². The van der Waals surface area contributed by atoms with E-state index in [-0.39, 0.29) is 12.6 Å². The van der Waals surface area contributed by atoms with E-state index in [1.807, 2.05) is 30.3 Å². The van der Waals surface area contributed by atoms with Gasteiger partial charge in [0, 0.05) is 31.2 Å². The van der Waals surface area contributed by atoms with Gasteiger partial charge >= 0.3 is 12.0 Å². The summed E-state index contributed by atoms with van der Waals surface area (Å²) < 4.78 is 1.77. The fourth-order valence-electron chi connectivity index (χ4n) is 2.68. The number of anilines is 1. The number of carbonyl (C=O) groups excluding carboxylic acids is 1. The van der Waals surface area contributed by atoms with Crippen LogP contribution < -0.4 is 5.32 Å². The summed E-state index contributed by atoms with van der Waals surface area (Å²) in [5, 5.41) is 12.0. The lowest BCUT2D eigenvalue weighted by Gasteiger charge is -2.20. The van der Waals surface area contributed by atoms with Crippen molar-refractivity contribution in [3.63, 3.8) is 0 Å². The predicted molar refractivity (Wildman–Crippen MR) is 84.5 cm³/mol. The predicted octanol–water partition coefficient (Wildman–Crippen LogP) is 2.20. The van der Waals surface area contributed by atoms with Crippen LogP contribution in [-0.2, 0) is 4.79 Å². The Hall–Kier alpha value is -2.83. The topological polar surface area (TPSA) is 87.5 Å². The summed E-state index contributed by atoms with van der Waals surface area (Å²) in [6.45, 7) is 2.27. The molecule has 2 N–H and O–H groups in total. The lowest BCUT2D eigenvalue weighted by molar-refractivity contribution is -0.146. The number of nitrogens with zero attached hydrogens (tertiary/aromatic N) is 3. The molecule has 1 atom stereocenters. The molecule has 0 spiro atoms. The van der Waals surface area contributed by atoms with Crippen LogP contribution in [0.3, 0.4) is 0 Å². The first-order chi connectivity index (χ1) is 11.0. The van der Waals surface area contributed by atoms with Gasteiger partial charge < -0.3 is 10.0 Å². The molecule has 1 unspecified atom stereocenters. The minimum Gasteiger partial charge on any atom is -0.481 e. The van der Waals surface area contributed by atoms with E-state index in [0.717, 1.165) is 5.69 Å². The molecular weight excluding hydrogens is 296 g/mol. The highest BCUT2D eigenvalue weighted by molar-refractivity contribution is 5.89. The standard InChI is InChI=1S/C16H18N4O3/c1-16(13(21)22)7-9-19(11-16)15(23)18-14-17-8-10-20(14)12-5-3-2-4-6-12/h2-6,8,10H,7,9,11H2,1H3,(H,21,22)(H,17,18,23). The Morgan fingerprint density at radius 2 is 2.04 bits per heavy atom. The minimum absolute atomic E-state index is 0.195. The van der Waals surface area contributed by atoms with Crippen molar-refractivity contribution < 1.29 is 14.7 Å². The van der Waals surface area contributed by atoms with Gasteiger partial charge in [-0.15, -0.1) is 0 Å². The highest BCUT2D eigenvalue weighted by Gasteiger charge is 2.42. The first-order valence-corrected chi connectivity index (χ1v) is 7.38. The average molecular weight is 314 g/mol. The number of hydrogen-bond donors (Lipinski definition) is 2. The number of urea groups is 1. The molecule has 0 aliphatic carbocycles. The van der Waals surface area contributed by atoms with E-state index < -0.39 is 11.4 Å². The van der Waals surface area contributed by atoms with Gasteiger partial charge in [0.1, 0.15) is 0 Å². The molecule has 1 aliphatic rings. The molecule has 0 saturated carbocycles. The molecule has 2 amide bonds. The number of likely N-dealkylation sites (tertiary alicyclic amines) is 1. The first-order valence-electron chi connectivity index (χ1n) is 7.38. The summed E-state index contributed by atoms with van der Waals surface area (Å²) in [6.07, 6.45) is 3.81. The van der Waals surface area contributed by atoms with E-state index in [1.54, 1.807) is 23.9 Å². The number of carbonyl (C=O) groups is 2. The Morgan fingerprint density at radius 3 is 2.70 bits per heavy atom. The fraction of sp³-hybridized carbons (Fsp3) is 0.312. The van der Waals surface area contributed by atoms with E-state index in [4.69, 9.17) is 0 Å². The number of imidazole rings is 1.